The second kappa shape index (κ2) is 11.4. The molecule has 0 bridgehead atoms. The molecule has 39 heavy (non-hydrogen) atoms. The summed E-state index contributed by atoms with van der Waals surface area (Å²) >= 11 is 0. The van der Waals surface area contributed by atoms with Gasteiger partial charge >= 0.3 is 6.09 Å². The third-order valence-electron chi connectivity index (χ3n) is 5.79. The number of H-pyrrole nitrogens is 2. The van der Waals surface area contributed by atoms with Crippen molar-refractivity contribution in [1.82, 2.24) is 25.3 Å². The fourth-order valence-electron chi connectivity index (χ4n) is 3.55. The van der Waals surface area contributed by atoms with E-state index in [1.165, 1.54) is 0 Å². The summed E-state index contributed by atoms with van der Waals surface area (Å²) in [5.41, 5.74) is 8.37. The van der Waals surface area contributed by atoms with Gasteiger partial charge in [-0.3, -0.25) is 0 Å². The van der Waals surface area contributed by atoms with Crippen LogP contribution in [-0.2, 0) is 4.74 Å². The Morgan fingerprint density at radius 3 is 1.69 bits per heavy atom. The summed E-state index contributed by atoms with van der Waals surface area (Å²) in [7, 11) is 0. The molecule has 0 saturated carbocycles. The maximum Gasteiger partial charge on any atom is 0.408 e. The van der Waals surface area contributed by atoms with Gasteiger partial charge < -0.3 is 25.8 Å². The Hall–Kier alpha value is -4.01. The lowest BCUT2D eigenvalue weighted by Gasteiger charge is -2.31. The number of hydrogen-bond acceptors (Lipinski definition) is 5. The molecule has 206 valence electrons. The number of nitrogens with one attached hydrogen (secondary N) is 3. The highest BCUT2D eigenvalue weighted by Gasteiger charge is 2.32. The van der Waals surface area contributed by atoms with Crippen molar-refractivity contribution in [2.45, 2.75) is 80.0 Å². The molecule has 3 aromatic rings. The highest BCUT2D eigenvalue weighted by molar-refractivity contribution is 5.68. The van der Waals surface area contributed by atoms with E-state index in [-0.39, 0.29) is 22.9 Å². The van der Waals surface area contributed by atoms with Crippen molar-refractivity contribution in [2.75, 3.05) is 0 Å². The molecule has 2 aromatic heterocycles. The maximum atomic E-state index is 12.4. The topological polar surface area (TPSA) is 122 Å². The van der Waals surface area contributed by atoms with Gasteiger partial charge in [-0.15, -0.1) is 0 Å². The van der Waals surface area contributed by atoms with Gasteiger partial charge in [-0.1, -0.05) is 53.4 Å². The van der Waals surface area contributed by atoms with Crippen LogP contribution in [0.5, 0.6) is 0 Å². The SMILES string of the molecule is CC(C)(C)OC(=O)N[C@H](c1ncc(C#Cc2ccc(C#Cc3cnc([C@@H](N)C(C)(C)C)[nH]3)cc2)[nH]1)C(C)(C)C. The van der Waals surface area contributed by atoms with Crippen molar-refractivity contribution in [3.63, 3.8) is 0 Å². The number of aromatic amines is 2. The second-order valence-electron chi connectivity index (χ2n) is 12.7. The van der Waals surface area contributed by atoms with Crippen LogP contribution >= 0.6 is 0 Å². The molecule has 0 radical (unpaired) electrons. The van der Waals surface area contributed by atoms with Crippen LogP contribution in [0.15, 0.2) is 36.7 Å². The number of nitrogens with two attached hydrogens (primary N) is 1. The Kier molecular flexibility index (Phi) is 8.63. The van der Waals surface area contributed by atoms with Gasteiger partial charge in [0.2, 0.25) is 0 Å². The molecule has 3 rings (SSSR count). The Labute approximate surface area is 232 Å². The normalized spacial score (nSPS) is 13.4. The van der Waals surface area contributed by atoms with Gasteiger partial charge in [0.15, 0.2) is 0 Å². The number of ether oxygens (including phenoxy) is 1. The molecule has 0 saturated heterocycles. The lowest BCUT2D eigenvalue weighted by Crippen LogP contribution is -2.40. The van der Waals surface area contributed by atoms with E-state index in [2.05, 4.69) is 69.7 Å². The third-order valence-corrected chi connectivity index (χ3v) is 5.79. The first-order chi connectivity index (χ1) is 18.0. The van der Waals surface area contributed by atoms with E-state index < -0.39 is 11.7 Å². The first kappa shape index (κ1) is 29.5. The second-order valence-corrected chi connectivity index (χ2v) is 12.7. The van der Waals surface area contributed by atoms with E-state index in [0.717, 1.165) is 22.6 Å². The quantitative estimate of drug-likeness (QED) is 0.330. The Morgan fingerprint density at radius 2 is 1.26 bits per heavy atom. The molecule has 0 aliphatic rings. The molecular formula is C31H40N6O2. The van der Waals surface area contributed by atoms with Crippen LogP contribution in [0, 0.1) is 34.5 Å². The van der Waals surface area contributed by atoms with Gasteiger partial charge in [-0.25, -0.2) is 14.8 Å². The van der Waals surface area contributed by atoms with E-state index in [1.54, 1.807) is 12.4 Å². The van der Waals surface area contributed by atoms with Crippen LogP contribution in [0.2, 0.25) is 0 Å². The van der Waals surface area contributed by atoms with Gasteiger partial charge in [0.1, 0.15) is 28.6 Å². The summed E-state index contributed by atoms with van der Waals surface area (Å²) in [6.45, 7) is 17.8. The molecule has 2 atom stereocenters. The Balaban J connectivity index is 1.68. The molecule has 5 N–H and O–H groups in total. The van der Waals surface area contributed by atoms with Crippen molar-refractivity contribution >= 4 is 6.09 Å². The number of aromatic nitrogens is 4. The van der Waals surface area contributed by atoms with Crippen molar-refractivity contribution in [2.24, 2.45) is 16.6 Å². The van der Waals surface area contributed by atoms with Crippen molar-refractivity contribution < 1.29 is 9.53 Å². The molecule has 8 nitrogen and oxygen atoms in total. The largest absolute Gasteiger partial charge is 0.444 e. The van der Waals surface area contributed by atoms with E-state index in [1.807, 2.05) is 65.8 Å². The lowest BCUT2D eigenvalue weighted by atomic mass is 9.86. The Bertz CT molecular complexity index is 1400. The first-order valence-corrected chi connectivity index (χ1v) is 13.0. The van der Waals surface area contributed by atoms with Gasteiger partial charge in [0.25, 0.3) is 0 Å². The lowest BCUT2D eigenvalue weighted by molar-refractivity contribution is 0.0458. The summed E-state index contributed by atoms with van der Waals surface area (Å²) in [6, 6.07) is 7.12. The van der Waals surface area contributed by atoms with Gasteiger partial charge in [-0.2, -0.15) is 0 Å². The molecular weight excluding hydrogens is 488 g/mol. The molecule has 1 amide bonds. The monoisotopic (exact) mass is 528 g/mol. The number of nitrogens with zero attached hydrogens (tertiary/aromatic N) is 2. The number of imidazole rings is 2. The van der Waals surface area contributed by atoms with Crippen LogP contribution < -0.4 is 11.1 Å². The molecule has 8 heteroatoms. The zero-order chi connectivity index (χ0) is 29.0. The van der Waals surface area contributed by atoms with E-state index in [4.69, 9.17) is 10.5 Å². The van der Waals surface area contributed by atoms with Crippen LogP contribution in [0.3, 0.4) is 0 Å². The van der Waals surface area contributed by atoms with Crippen LogP contribution in [0.4, 0.5) is 4.79 Å². The summed E-state index contributed by atoms with van der Waals surface area (Å²) in [4.78, 5) is 27.7. The molecule has 0 spiro atoms. The number of amides is 1. The minimum absolute atomic E-state index is 0.0948. The molecule has 1 aromatic carbocycles. The number of alkyl carbamates (subject to hydrolysis) is 1. The fraction of sp³-hybridized carbons (Fsp3) is 0.452. The average molecular weight is 529 g/mol. The third kappa shape index (κ3) is 8.77. The first-order valence-electron chi connectivity index (χ1n) is 13.0. The van der Waals surface area contributed by atoms with Crippen LogP contribution in [0.1, 0.15) is 109 Å². The number of hydrogen-bond donors (Lipinski definition) is 4. The zero-order valence-electron chi connectivity index (χ0n) is 24.4. The van der Waals surface area contributed by atoms with Crippen LogP contribution in [0.25, 0.3) is 0 Å². The van der Waals surface area contributed by atoms with Crippen LogP contribution in [-0.4, -0.2) is 31.6 Å². The summed E-state index contributed by atoms with van der Waals surface area (Å²) in [6.07, 6.45) is 2.89. The van der Waals surface area contributed by atoms with Crippen molar-refractivity contribution in [1.29, 1.82) is 0 Å². The van der Waals surface area contributed by atoms with Gasteiger partial charge in [-0.05, 0) is 67.7 Å². The summed E-state index contributed by atoms with van der Waals surface area (Å²) in [5.74, 6) is 13.8. The molecule has 0 fully saturated rings. The average Bonchev–Trinajstić information content (AvgIpc) is 3.47. The van der Waals surface area contributed by atoms with Gasteiger partial charge in [0.05, 0.1) is 24.5 Å². The van der Waals surface area contributed by atoms with Crippen molar-refractivity contribution in [3.05, 3.63) is 70.8 Å². The standard InChI is InChI=1S/C31H40N6O2/c1-29(2,3)24(32)26-33-18-22(35-26)16-14-20-10-12-21(13-11-20)15-17-23-19-34-27(36-23)25(30(4,5)6)37-28(38)39-31(7,8)9/h10-13,18-19,24-25H,32H2,1-9H3,(H,33,35)(H,34,36)(H,37,38)/t24-,25-/m1/s1. The van der Waals surface area contributed by atoms with E-state index in [0.29, 0.717) is 11.5 Å². The van der Waals surface area contributed by atoms with Crippen molar-refractivity contribution in [3.8, 4) is 23.7 Å². The maximum absolute atomic E-state index is 12.4. The number of rotatable bonds is 3. The summed E-state index contributed by atoms with van der Waals surface area (Å²) in [5, 5.41) is 2.93. The summed E-state index contributed by atoms with van der Waals surface area (Å²) < 4.78 is 5.43. The molecule has 2 heterocycles. The number of benzene rings is 1. The zero-order valence-corrected chi connectivity index (χ0v) is 24.4. The predicted molar refractivity (Wildman–Crippen MR) is 154 cm³/mol. The van der Waals surface area contributed by atoms with Gasteiger partial charge in [0, 0.05) is 11.1 Å². The Morgan fingerprint density at radius 1 is 0.795 bits per heavy atom. The van der Waals surface area contributed by atoms with E-state index in [9.17, 15) is 4.79 Å². The fourth-order valence-corrected chi connectivity index (χ4v) is 3.55. The van der Waals surface area contributed by atoms with E-state index >= 15 is 0 Å². The smallest absolute Gasteiger partial charge is 0.408 e. The molecule has 0 aliphatic heterocycles. The highest BCUT2D eigenvalue weighted by Crippen LogP contribution is 2.31. The highest BCUT2D eigenvalue weighted by atomic mass is 16.6. The molecule has 0 unspecified atom stereocenters. The predicted octanol–water partition coefficient (Wildman–Crippen LogP) is 5.59. The minimum Gasteiger partial charge on any atom is -0.444 e. The minimum atomic E-state index is -0.587. The number of carbonyl (C=O) groups is 1. The molecule has 0 aliphatic carbocycles. The number of carbonyl (C=O) groups excluding carboxylic acids is 1.